The van der Waals surface area contributed by atoms with Crippen molar-refractivity contribution in [1.29, 1.82) is 0 Å². The lowest BCUT2D eigenvalue weighted by Gasteiger charge is -2.32. The van der Waals surface area contributed by atoms with Crippen molar-refractivity contribution in [1.82, 2.24) is 72.7 Å². The number of likely N-dealkylation sites (tertiary alicyclic amines) is 1. The van der Waals surface area contributed by atoms with Crippen LogP contribution >= 0.6 is 46.4 Å². The fourth-order valence-electron chi connectivity index (χ4n) is 21.5. The number of carbonyl (C=O) groups is 5. The van der Waals surface area contributed by atoms with Crippen molar-refractivity contribution < 1.29 is 52.0 Å². The molecular formula is C114H112Cl4FN15O15. The zero-order valence-electron chi connectivity index (χ0n) is 84.3. The number of piperazine rings is 2. The van der Waals surface area contributed by atoms with Gasteiger partial charge in [-0.25, -0.2) is 4.39 Å². The maximum atomic E-state index is 13.9. The molecule has 0 amide bonds. The number of rotatable bonds is 26. The number of pyridine rings is 10. The van der Waals surface area contributed by atoms with Crippen molar-refractivity contribution in [3.05, 3.63) is 286 Å². The van der Waals surface area contributed by atoms with Crippen LogP contribution in [0.15, 0.2) is 176 Å². The number of methoxy groups -OCH3 is 5. The first-order valence-electron chi connectivity index (χ1n) is 50.4. The number of hydrogen-bond acceptors (Lipinski definition) is 25. The molecule has 3 aliphatic heterocycles. The van der Waals surface area contributed by atoms with Crippen molar-refractivity contribution in [2.75, 3.05) is 128 Å². The lowest BCUT2D eigenvalue weighted by Crippen LogP contribution is -2.44. The summed E-state index contributed by atoms with van der Waals surface area (Å²) in [5, 5.41) is 10.3. The zero-order chi connectivity index (χ0) is 105. The molecule has 8 aliphatic rings. The molecule has 0 spiro atoms. The first kappa shape index (κ1) is 104. The Morgan fingerprint density at radius 2 is 0.577 bits per heavy atom. The van der Waals surface area contributed by atoms with E-state index in [1.165, 1.54) is 45.3 Å². The van der Waals surface area contributed by atoms with Crippen LogP contribution in [0.4, 0.5) is 4.39 Å². The molecule has 149 heavy (non-hydrogen) atoms. The van der Waals surface area contributed by atoms with E-state index in [0.717, 1.165) is 143 Å². The summed E-state index contributed by atoms with van der Waals surface area (Å²) in [6, 6.07) is 32.9. The van der Waals surface area contributed by atoms with Crippen LogP contribution in [-0.4, -0.2) is 224 Å². The van der Waals surface area contributed by atoms with E-state index >= 15 is 0 Å². The third-order valence-corrected chi connectivity index (χ3v) is 30.0. The Hall–Kier alpha value is -13.9. The molecule has 35 heteroatoms. The largest absolute Gasteiger partial charge is 0.495 e. The average molecular weight is 2090 g/mol. The number of nitrogens with one attached hydrogen (secondary N) is 1. The number of ketones is 5. The molecule has 768 valence electrons. The van der Waals surface area contributed by atoms with E-state index in [-0.39, 0.29) is 62.1 Å². The van der Waals surface area contributed by atoms with E-state index < -0.39 is 5.82 Å². The van der Waals surface area contributed by atoms with Crippen LogP contribution in [-0.2, 0) is 32.7 Å². The molecular weight excluding hydrogens is 1980 g/mol. The molecule has 5 aliphatic carbocycles. The number of ether oxygens (including phenoxy) is 5. The second kappa shape index (κ2) is 44.5. The third-order valence-electron chi connectivity index (χ3n) is 29.1. The normalized spacial score (nSPS) is 14.6. The van der Waals surface area contributed by atoms with Crippen LogP contribution in [0.3, 0.4) is 0 Å². The number of halogens is 5. The molecule has 1 N–H and O–H groups in total. The second-order valence-corrected chi connectivity index (χ2v) is 40.5. The Kier molecular flexibility index (Phi) is 31.0. The number of benzene rings is 5. The Labute approximate surface area is 877 Å². The summed E-state index contributed by atoms with van der Waals surface area (Å²) >= 11 is 24.7. The summed E-state index contributed by atoms with van der Waals surface area (Å²) in [5.41, 5.74) is 9.54. The predicted molar refractivity (Wildman–Crippen MR) is 578 cm³/mol. The maximum Gasteiger partial charge on any atom is 0.259 e. The third kappa shape index (κ3) is 20.1. The number of aromatic nitrogens is 10. The van der Waals surface area contributed by atoms with Gasteiger partial charge in [-0.05, 0) is 182 Å². The lowest BCUT2D eigenvalue weighted by atomic mass is 10.0. The summed E-state index contributed by atoms with van der Waals surface area (Å²) in [6.45, 7) is 22.1. The van der Waals surface area contributed by atoms with Gasteiger partial charge in [0, 0.05) is 154 Å². The highest BCUT2D eigenvalue weighted by Crippen LogP contribution is 2.47. The van der Waals surface area contributed by atoms with Gasteiger partial charge in [-0.1, -0.05) is 123 Å². The van der Waals surface area contributed by atoms with Crippen LogP contribution in [0.2, 0.25) is 20.1 Å². The standard InChI is InChI=1S/C24H25ClN4O3.C23H23ClN4O3.C23H22ClN3O3.C23H23FN2O3.C21H19ClN2O3/c1-27-8-10-28(11-9-27)6-3-7-29-22-20(17-5-4-15(25)12-18(17)24(29)31)23(30)19-13-16(32-2)14-26-21(19)22;1-31-15-12-18-20(26-13-15)21-19(22(18)29)16-4-3-14(24)11-17(16)23(30)28(21)8-2-7-27-9-5-25-6-10-27;1-30-15-12-18-20(25-13-15)21-19(22(18)28)16-6-5-14(24)11-17(16)23(29)27(21)10-4-9-26-7-2-3-8-26;1-13(2)6-4-5-9-26-21-19(16-8-7-14(24)10-17(16)23(26)28)22(27)18-11-15(29-3)12-25-20(18)21;1-3-4-5-8-24-19-17(14-7-6-12(22)9-15(14)21(24)26)20(25)16-10-13(27-2)11-23-18(16)19/h4-5,12-14H,3,6-11H2,1-2H3;3-4,11-13,25H,2,5-10H2,1H3;5-6,11-13H,2-4,7-10H2,1H3;7-8,10-13H,4-6,9H2,1-3H3;6-7,9-11H,3-5,8H2,1-2H3. The van der Waals surface area contributed by atoms with Crippen molar-refractivity contribution >= 4 is 129 Å². The van der Waals surface area contributed by atoms with Crippen LogP contribution in [0.1, 0.15) is 171 Å². The van der Waals surface area contributed by atoms with E-state index in [0.29, 0.717) is 249 Å². The molecule has 0 bridgehead atoms. The van der Waals surface area contributed by atoms with Crippen LogP contribution < -0.4 is 56.8 Å². The number of hydrogen-bond donors (Lipinski definition) is 1. The molecule has 0 atom stereocenters. The van der Waals surface area contributed by atoms with Crippen LogP contribution in [0.25, 0.3) is 111 Å². The molecule has 3 saturated heterocycles. The monoisotopic (exact) mass is 2090 g/mol. The van der Waals surface area contributed by atoms with Gasteiger partial charge in [-0.3, -0.25) is 72.9 Å². The summed E-state index contributed by atoms with van der Waals surface area (Å²) in [4.78, 5) is 165. The topological polar surface area (TPSA) is 331 Å². The van der Waals surface area contributed by atoms with E-state index in [4.69, 9.17) is 70.1 Å². The van der Waals surface area contributed by atoms with E-state index in [9.17, 15) is 52.3 Å². The van der Waals surface area contributed by atoms with Crippen molar-refractivity contribution in [2.45, 2.75) is 124 Å². The number of fused-ring (bicyclic) bond motifs is 25. The number of carbonyl (C=O) groups excluding carboxylic acids is 5. The van der Waals surface area contributed by atoms with Crippen molar-refractivity contribution in [3.8, 4) is 85.7 Å². The highest BCUT2D eigenvalue weighted by molar-refractivity contribution is 6.35. The fraction of sp³-hybridized carbons (Fsp3) is 0.342. The molecule has 0 unspecified atom stereocenters. The summed E-state index contributed by atoms with van der Waals surface area (Å²) in [6.07, 6.45) is 18.5. The van der Waals surface area contributed by atoms with Gasteiger partial charge in [0.2, 0.25) is 0 Å². The molecule has 0 saturated carbocycles. The zero-order valence-corrected chi connectivity index (χ0v) is 87.3. The molecule has 10 aromatic heterocycles. The van der Waals surface area contributed by atoms with Gasteiger partial charge in [-0.15, -0.1) is 0 Å². The fourth-order valence-corrected chi connectivity index (χ4v) is 22.2. The van der Waals surface area contributed by atoms with Gasteiger partial charge in [0.05, 0.1) is 184 Å². The molecule has 3 fully saturated rings. The summed E-state index contributed by atoms with van der Waals surface area (Å²) in [5.74, 6) is 1.87. The van der Waals surface area contributed by atoms with Gasteiger partial charge in [0.25, 0.3) is 27.8 Å². The maximum absolute atomic E-state index is 13.9. The quantitative estimate of drug-likeness (QED) is 0.0492. The molecule has 5 aromatic carbocycles. The number of likely N-dealkylation sites (N-methyl/N-ethyl adjacent to an activating group) is 1. The van der Waals surface area contributed by atoms with E-state index in [1.807, 2.05) is 0 Å². The predicted octanol–water partition coefficient (Wildman–Crippen LogP) is 18.3. The molecule has 15 aromatic rings. The first-order valence-corrected chi connectivity index (χ1v) is 52.0. The van der Waals surface area contributed by atoms with E-state index in [2.05, 4.69) is 77.7 Å². The smallest absolute Gasteiger partial charge is 0.259 e. The Bertz CT molecular complexity index is 8290. The number of nitrogens with zero attached hydrogens (tertiary/aromatic N) is 14. The van der Waals surface area contributed by atoms with Gasteiger partial charge >= 0.3 is 0 Å². The Morgan fingerprint density at radius 1 is 0.315 bits per heavy atom. The van der Waals surface area contributed by atoms with E-state index in [1.54, 1.807) is 178 Å². The minimum Gasteiger partial charge on any atom is -0.495 e. The van der Waals surface area contributed by atoms with Gasteiger partial charge < -0.3 is 71.4 Å². The minimum atomic E-state index is -0.497. The highest BCUT2D eigenvalue weighted by Gasteiger charge is 2.42. The lowest BCUT2D eigenvalue weighted by molar-refractivity contribution is 0.103. The van der Waals surface area contributed by atoms with Crippen LogP contribution in [0.5, 0.6) is 28.7 Å². The Balaban J connectivity index is 0.000000117. The molecule has 23 rings (SSSR count). The van der Waals surface area contributed by atoms with Crippen molar-refractivity contribution in [3.63, 3.8) is 0 Å². The summed E-state index contributed by atoms with van der Waals surface area (Å²) < 4.78 is 48.5. The van der Waals surface area contributed by atoms with Gasteiger partial charge in [0.1, 0.15) is 34.6 Å². The molecule has 30 nitrogen and oxygen atoms in total. The SMILES string of the molecule is CCCCCn1c2c(c3ccc(Cl)cc3c1=O)C(=O)c1cc(OC)cnc1-2.COc1cnc2c(c1)C(=O)c1c-2n(CCCCC(C)C)c(=O)c2cc(F)ccc12.COc1cnc2c(c1)C(=O)c1c-2n(CCCN2CCCC2)c(=O)c2cc(Cl)ccc12.COc1cnc2c(c1)C(=O)c1c-2n(CCCN2CCN(C)CC2)c(=O)c2cc(Cl)ccc12.COc1cnc2c(c1)C(=O)c1c-2n(CCCN2CCNCC2)c(=O)c2cc(Cl)ccc12. The van der Waals surface area contributed by atoms with Crippen molar-refractivity contribution in [2.24, 2.45) is 5.92 Å². The Morgan fingerprint density at radius 3 is 0.859 bits per heavy atom. The molecule has 13 heterocycles. The second-order valence-electron chi connectivity index (χ2n) is 38.8. The minimum absolute atomic E-state index is 0.132. The highest BCUT2D eigenvalue weighted by atomic mass is 35.5. The van der Waals surface area contributed by atoms with Gasteiger partial charge in [0.15, 0.2) is 28.9 Å². The summed E-state index contributed by atoms with van der Waals surface area (Å²) in [7, 11) is 9.81. The number of unbranched alkanes of at least 4 members (excludes halogenated alkanes) is 3. The van der Waals surface area contributed by atoms with Gasteiger partial charge in [-0.2, -0.15) is 0 Å². The first-order chi connectivity index (χ1) is 72.1. The molecule has 0 radical (unpaired) electrons. The average Bonchev–Trinajstić information content (AvgIpc) is 1.59. The van der Waals surface area contributed by atoms with Crippen LogP contribution in [0, 0.1) is 11.7 Å².